The van der Waals surface area contributed by atoms with Crippen LogP contribution in [0.5, 0.6) is 5.75 Å². The summed E-state index contributed by atoms with van der Waals surface area (Å²) < 4.78 is 10.8. The molecule has 2 atom stereocenters. The Morgan fingerprint density at radius 3 is 3.11 bits per heavy atom. The molecule has 0 unspecified atom stereocenters. The van der Waals surface area contributed by atoms with Gasteiger partial charge in [-0.15, -0.1) is 6.58 Å². The zero-order valence-corrected chi connectivity index (χ0v) is 10.2. The van der Waals surface area contributed by atoms with Crippen molar-refractivity contribution >= 4 is 0 Å². The zero-order valence-electron chi connectivity index (χ0n) is 10.2. The quantitative estimate of drug-likeness (QED) is 0.346. The van der Waals surface area contributed by atoms with E-state index in [0.29, 0.717) is 6.61 Å². The van der Waals surface area contributed by atoms with E-state index >= 15 is 0 Å². The average molecular weight is 245 g/mol. The Bertz CT molecular complexity index is 495. The minimum atomic E-state index is -0.292. The smallest absolute Gasteiger partial charge is 0.119 e. The number of ether oxygens (including phenoxy) is 2. The van der Waals surface area contributed by atoms with Crippen molar-refractivity contribution in [2.75, 3.05) is 13.7 Å². The van der Waals surface area contributed by atoms with Gasteiger partial charge in [0.05, 0.1) is 25.9 Å². The highest BCUT2D eigenvalue weighted by Gasteiger charge is 2.32. The molecule has 5 heteroatoms. The maximum absolute atomic E-state index is 8.67. The Kier molecular flexibility index (Phi) is 3.87. The fraction of sp³-hybridized carbons (Fsp3) is 0.385. The minimum Gasteiger partial charge on any atom is -0.497 e. The Balaban J connectivity index is 2.31. The van der Waals surface area contributed by atoms with Crippen LogP contribution in [0, 0.1) is 0 Å². The van der Waals surface area contributed by atoms with Crippen molar-refractivity contribution in [2.45, 2.75) is 18.6 Å². The van der Waals surface area contributed by atoms with Crippen LogP contribution in [-0.2, 0) is 11.2 Å². The van der Waals surface area contributed by atoms with Crippen molar-refractivity contribution in [2.24, 2.45) is 5.11 Å². The molecule has 1 aromatic carbocycles. The standard InChI is InChI=1S/C13H15N3O2/c1-3-6-18-12-7-9-4-5-10(17-2)8-11(9)13(12)15-16-14/h3-5,8,12-13H,1,6-7H2,2H3/t12-,13-/m1/s1. The summed E-state index contributed by atoms with van der Waals surface area (Å²) in [5.41, 5.74) is 10.8. The van der Waals surface area contributed by atoms with Crippen molar-refractivity contribution in [1.29, 1.82) is 0 Å². The van der Waals surface area contributed by atoms with Gasteiger partial charge in [-0.05, 0) is 35.2 Å². The molecule has 0 saturated carbocycles. The maximum atomic E-state index is 8.67. The molecule has 0 N–H and O–H groups in total. The zero-order chi connectivity index (χ0) is 13.0. The number of benzene rings is 1. The van der Waals surface area contributed by atoms with Crippen LogP contribution < -0.4 is 4.74 Å². The lowest BCUT2D eigenvalue weighted by Gasteiger charge is -2.15. The first kappa shape index (κ1) is 12.5. The molecular weight excluding hydrogens is 230 g/mol. The van der Waals surface area contributed by atoms with Gasteiger partial charge in [0.1, 0.15) is 5.75 Å². The molecule has 0 bridgehead atoms. The third kappa shape index (κ3) is 2.32. The van der Waals surface area contributed by atoms with Gasteiger partial charge in [0.15, 0.2) is 0 Å². The number of hydrogen-bond acceptors (Lipinski definition) is 3. The molecule has 18 heavy (non-hydrogen) atoms. The fourth-order valence-corrected chi connectivity index (χ4v) is 2.22. The highest BCUT2D eigenvalue weighted by Crippen LogP contribution is 2.38. The van der Waals surface area contributed by atoms with E-state index in [1.54, 1.807) is 13.2 Å². The Morgan fingerprint density at radius 1 is 1.61 bits per heavy atom. The van der Waals surface area contributed by atoms with E-state index in [9.17, 15) is 0 Å². The van der Waals surface area contributed by atoms with Crippen molar-refractivity contribution in [3.8, 4) is 5.75 Å². The van der Waals surface area contributed by atoms with E-state index in [1.807, 2.05) is 18.2 Å². The molecule has 0 spiro atoms. The first-order valence-electron chi connectivity index (χ1n) is 5.73. The van der Waals surface area contributed by atoms with Gasteiger partial charge < -0.3 is 9.47 Å². The number of azide groups is 1. The first-order chi connectivity index (χ1) is 8.80. The van der Waals surface area contributed by atoms with E-state index in [0.717, 1.165) is 23.3 Å². The van der Waals surface area contributed by atoms with E-state index in [-0.39, 0.29) is 12.1 Å². The van der Waals surface area contributed by atoms with Crippen LogP contribution in [-0.4, -0.2) is 19.8 Å². The van der Waals surface area contributed by atoms with Crippen molar-refractivity contribution in [3.63, 3.8) is 0 Å². The molecule has 1 aliphatic rings. The van der Waals surface area contributed by atoms with E-state index in [2.05, 4.69) is 16.6 Å². The Morgan fingerprint density at radius 2 is 2.44 bits per heavy atom. The number of fused-ring (bicyclic) bond motifs is 1. The summed E-state index contributed by atoms with van der Waals surface area (Å²) in [5, 5.41) is 3.84. The molecular formula is C13H15N3O2. The minimum absolute atomic E-state index is 0.124. The fourth-order valence-electron chi connectivity index (χ4n) is 2.22. The summed E-state index contributed by atoms with van der Waals surface area (Å²) in [6.07, 6.45) is 2.31. The molecule has 0 heterocycles. The summed E-state index contributed by atoms with van der Waals surface area (Å²) in [6.45, 7) is 4.07. The van der Waals surface area contributed by atoms with Gasteiger partial charge in [-0.1, -0.05) is 17.3 Å². The monoisotopic (exact) mass is 245 g/mol. The van der Waals surface area contributed by atoms with E-state index < -0.39 is 0 Å². The van der Waals surface area contributed by atoms with Crippen LogP contribution in [0.4, 0.5) is 0 Å². The van der Waals surface area contributed by atoms with Gasteiger partial charge in [0.25, 0.3) is 0 Å². The van der Waals surface area contributed by atoms with Crippen molar-refractivity contribution in [1.82, 2.24) is 0 Å². The molecule has 0 amide bonds. The van der Waals surface area contributed by atoms with Crippen LogP contribution in [0.1, 0.15) is 17.2 Å². The molecule has 0 fully saturated rings. The second kappa shape index (κ2) is 5.58. The lowest BCUT2D eigenvalue weighted by atomic mass is 10.1. The van der Waals surface area contributed by atoms with Crippen molar-refractivity contribution < 1.29 is 9.47 Å². The Hall–Kier alpha value is -1.97. The van der Waals surface area contributed by atoms with Gasteiger partial charge in [-0.3, -0.25) is 0 Å². The normalized spacial score (nSPS) is 20.9. The predicted molar refractivity (Wildman–Crippen MR) is 68.5 cm³/mol. The van der Waals surface area contributed by atoms with Crippen LogP contribution >= 0.6 is 0 Å². The summed E-state index contributed by atoms with van der Waals surface area (Å²) in [5.74, 6) is 0.760. The summed E-state index contributed by atoms with van der Waals surface area (Å²) in [7, 11) is 1.62. The van der Waals surface area contributed by atoms with Crippen LogP contribution in [0.3, 0.4) is 0 Å². The predicted octanol–water partition coefficient (Wildman–Crippen LogP) is 3.17. The van der Waals surface area contributed by atoms with Gasteiger partial charge >= 0.3 is 0 Å². The van der Waals surface area contributed by atoms with Crippen LogP contribution in [0.2, 0.25) is 0 Å². The number of rotatable bonds is 5. The molecule has 0 saturated heterocycles. The summed E-state index contributed by atoms with van der Waals surface area (Å²) >= 11 is 0. The second-order valence-electron chi connectivity index (χ2n) is 4.08. The topological polar surface area (TPSA) is 67.2 Å². The number of methoxy groups -OCH3 is 1. The largest absolute Gasteiger partial charge is 0.497 e. The number of hydrogen-bond donors (Lipinski definition) is 0. The van der Waals surface area contributed by atoms with Gasteiger partial charge in [-0.25, -0.2) is 0 Å². The lowest BCUT2D eigenvalue weighted by Crippen LogP contribution is -2.17. The summed E-state index contributed by atoms with van der Waals surface area (Å²) in [4.78, 5) is 2.91. The molecule has 0 aromatic heterocycles. The molecule has 1 aromatic rings. The van der Waals surface area contributed by atoms with E-state index in [1.165, 1.54) is 0 Å². The van der Waals surface area contributed by atoms with Crippen LogP contribution in [0.15, 0.2) is 36.0 Å². The van der Waals surface area contributed by atoms with Gasteiger partial charge in [0.2, 0.25) is 0 Å². The van der Waals surface area contributed by atoms with E-state index in [4.69, 9.17) is 15.0 Å². The third-order valence-corrected chi connectivity index (χ3v) is 3.05. The molecule has 94 valence electrons. The lowest BCUT2D eigenvalue weighted by molar-refractivity contribution is 0.0639. The SMILES string of the molecule is C=CCO[C@@H]1Cc2ccc(OC)cc2[C@H]1N=[N+]=[N-]. The average Bonchev–Trinajstić information content (AvgIpc) is 2.74. The second-order valence-corrected chi connectivity index (χ2v) is 4.08. The highest BCUT2D eigenvalue weighted by atomic mass is 16.5. The van der Waals surface area contributed by atoms with Gasteiger partial charge in [-0.2, -0.15) is 0 Å². The molecule has 2 rings (SSSR count). The molecule has 5 nitrogen and oxygen atoms in total. The highest BCUT2D eigenvalue weighted by molar-refractivity contribution is 5.42. The van der Waals surface area contributed by atoms with Gasteiger partial charge in [0, 0.05) is 4.91 Å². The Labute approximate surface area is 106 Å². The van der Waals surface area contributed by atoms with Crippen LogP contribution in [0.25, 0.3) is 10.4 Å². The molecule has 1 aliphatic carbocycles. The third-order valence-electron chi connectivity index (χ3n) is 3.05. The molecule has 0 aliphatic heterocycles. The maximum Gasteiger partial charge on any atom is 0.119 e. The summed E-state index contributed by atoms with van der Waals surface area (Å²) in [6, 6.07) is 5.51. The van der Waals surface area contributed by atoms with Crippen molar-refractivity contribution in [3.05, 3.63) is 52.4 Å². The first-order valence-corrected chi connectivity index (χ1v) is 5.73. The number of nitrogens with zero attached hydrogens (tertiary/aromatic N) is 3. The molecule has 0 radical (unpaired) electrons.